The Balaban J connectivity index is 2.18. The van der Waals surface area contributed by atoms with Gasteiger partial charge in [0.05, 0.1) is 0 Å². The van der Waals surface area contributed by atoms with Crippen molar-refractivity contribution in [1.29, 1.82) is 0 Å². The smallest absolute Gasteiger partial charge is 0.329 e. The van der Waals surface area contributed by atoms with Crippen LogP contribution in [0, 0.1) is 0 Å². The molecule has 3 N–H and O–H groups in total. The van der Waals surface area contributed by atoms with E-state index in [2.05, 4.69) is 15.0 Å². The lowest BCUT2D eigenvalue weighted by atomic mass is 10.3. The third-order valence-electron chi connectivity index (χ3n) is 3.35. The number of H-pyrrole nitrogens is 1. The zero-order valence-electron chi connectivity index (χ0n) is 10.5. The molecular formula is C11H14N6O2. The van der Waals surface area contributed by atoms with Gasteiger partial charge in [-0.1, -0.05) is 0 Å². The number of nitrogens with two attached hydrogens (primary N) is 1. The summed E-state index contributed by atoms with van der Waals surface area (Å²) >= 11 is 0. The molecule has 0 aromatic carbocycles. The van der Waals surface area contributed by atoms with Crippen molar-refractivity contribution in [2.24, 2.45) is 12.8 Å². The Hall–Kier alpha value is -2.22. The molecule has 1 fully saturated rings. The van der Waals surface area contributed by atoms with Crippen LogP contribution in [0.4, 0.5) is 5.95 Å². The molecular weight excluding hydrogens is 248 g/mol. The highest BCUT2D eigenvalue weighted by molar-refractivity contribution is 5.73. The minimum absolute atomic E-state index is 0.113. The quantitative estimate of drug-likeness (QED) is 0.651. The van der Waals surface area contributed by atoms with Gasteiger partial charge >= 0.3 is 5.69 Å². The van der Waals surface area contributed by atoms with E-state index in [1.165, 1.54) is 10.8 Å². The van der Waals surface area contributed by atoms with E-state index in [0.717, 1.165) is 13.0 Å². The number of rotatable bonds is 1. The molecule has 1 unspecified atom stereocenters. The van der Waals surface area contributed by atoms with Crippen LogP contribution in [0.2, 0.25) is 0 Å². The van der Waals surface area contributed by atoms with Gasteiger partial charge in [-0.2, -0.15) is 4.98 Å². The molecule has 0 spiro atoms. The average molecular weight is 262 g/mol. The largest absolute Gasteiger partial charge is 0.339 e. The average Bonchev–Trinajstić information content (AvgIpc) is 2.82. The zero-order chi connectivity index (χ0) is 13.6. The number of aromatic amines is 1. The van der Waals surface area contributed by atoms with Gasteiger partial charge in [-0.25, -0.2) is 9.78 Å². The van der Waals surface area contributed by atoms with Crippen molar-refractivity contribution in [1.82, 2.24) is 19.5 Å². The van der Waals surface area contributed by atoms with Crippen LogP contribution in [0.25, 0.3) is 11.0 Å². The lowest BCUT2D eigenvalue weighted by Gasteiger charge is -2.15. The highest BCUT2D eigenvalue weighted by atomic mass is 16.2. The number of hydrogen-bond donors (Lipinski definition) is 2. The molecule has 0 radical (unpaired) electrons. The molecule has 3 rings (SSSR count). The normalized spacial score (nSPS) is 19.3. The summed E-state index contributed by atoms with van der Waals surface area (Å²) in [7, 11) is 1.56. The molecule has 0 saturated carbocycles. The number of anilines is 1. The number of nitrogens with one attached hydrogen (secondary N) is 1. The lowest BCUT2D eigenvalue weighted by Crippen LogP contribution is -2.31. The van der Waals surface area contributed by atoms with E-state index >= 15 is 0 Å². The van der Waals surface area contributed by atoms with Crippen LogP contribution >= 0.6 is 0 Å². The molecule has 1 atom stereocenters. The fourth-order valence-electron chi connectivity index (χ4n) is 2.25. The second-order valence-electron chi connectivity index (χ2n) is 4.72. The third-order valence-corrected chi connectivity index (χ3v) is 3.35. The lowest BCUT2D eigenvalue weighted by molar-refractivity contribution is 0.750. The van der Waals surface area contributed by atoms with Crippen LogP contribution in [-0.4, -0.2) is 38.7 Å². The van der Waals surface area contributed by atoms with Crippen molar-refractivity contribution in [3.8, 4) is 0 Å². The van der Waals surface area contributed by atoms with Gasteiger partial charge in [0, 0.05) is 32.4 Å². The molecule has 0 bridgehead atoms. The summed E-state index contributed by atoms with van der Waals surface area (Å²) in [5, 5.41) is 0.300. The van der Waals surface area contributed by atoms with E-state index in [1.807, 2.05) is 4.90 Å². The van der Waals surface area contributed by atoms with Crippen molar-refractivity contribution in [2.45, 2.75) is 12.5 Å². The van der Waals surface area contributed by atoms with E-state index in [4.69, 9.17) is 5.73 Å². The first-order valence-corrected chi connectivity index (χ1v) is 6.03. The maximum absolute atomic E-state index is 11.7. The monoisotopic (exact) mass is 262 g/mol. The molecule has 3 heterocycles. The zero-order valence-corrected chi connectivity index (χ0v) is 10.5. The van der Waals surface area contributed by atoms with Gasteiger partial charge in [-0.05, 0) is 6.42 Å². The van der Waals surface area contributed by atoms with Crippen LogP contribution in [0.1, 0.15) is 6.42 Å². The molecule has 19 heavy (non-hydrogen) atoms. The molecule has 0 amide bonds. The maximum atomic E-state index is 11.7. The van der Waals surface area contributed by atoms with Crippen molar-refractivity contribution >= 4 is 17.0 Å². The number of aromatic nitrogens is 4. The molecule has 2 aromatic heterocycles. The molecule has 0 aliphatic carbocycles. The number of fused-ring (bicyclic) bond motifs is 1. The topological polar surface area (TPSA) is 110 Å². The Labute approximate surface area is 107 Å². The van der Waals surface area contributed by atoms with Gasteiger partial charge in [-0.3, -0.25) is 14.3 Å². The molecule has 1 aliphatic heterocycles. The summed E-state index contributed by atoms with van der Waals surface area (Å²) in [5.74, 6) is 0.501. The molecule has 8 nitrogen and oxygen atoms in total. The first-order chi connectivity index (χ1) is 9.06. The van der Waals surface area contributed by atoms with Crippen LogP contribution < -0.4 is 21.9 Å². The number of hydrogen-bond acceptors (Lipinski definition) is 6. The predicted octanol–water partition coefficient (Wildman–Crippen LogP) is -1.45. The minimum Gasteiger partial charge on any atom is -0.339 e. The van der Waals surface area contributed by atoms with Crippen LogP contribution in [0.15, 0.2) is 15.8 Å². The van der Waals surface area contributed by atoms with Gasteiger partial charge in [0.1, 0.15) is 5.39 Å². The maximum Gasteiger partial charge on any atom is 0.329 e. The second kappa shape index (κ2) is 4.16. The van der Waals surface area contributed by atoms with E-state index in [9.17, 15) is 9.59 Å². The van der Waals surface area contributed by atoms with E-state index in [1.54, 1.807) is 7.05 Å². The Morgan fingerprint density at radius 2 is 2.26 bits per heavy atom. The fraction of sp³-hybridized carbons (Fsp3) is 0.455. The van der Waals surface area contributed by atoms with Crippen LogP contribution in [0.3, 0.4) is 0 Å². The predicted molar refractivity (Wildman–Crippen MR) is 70.2 cm³/mol. The standard InChI is InChI=1S/C11H14N6O2/c1-16-8-7(9(18)15-11(16)19)4-13-10(14-8)17-3-2-6(12)5-17/h4,6H,2-3,5,12H2,1H3,(H,15,18,19). The molecule has 100 valence electrons. The van der Waals surface area contributed by atoms with Gasteiger partial charge in [0.2, 0.25) is 5.95 Å². The molecule has 2 aromatic rings. The summed E-state index contributed by atoms with van der Waals surface area (Å²) in [4.78, 5) is 35.9. The fourth-order valence-corrected chi connectivity index (χ4v) is 2.25. The van der Waals surface area contributed by atoms with E-state index < -0.39 is 11.2 Å². The Morgan fingerprint density at radius 3 is 2.95 bits per heavy atom. The highest BCUT2D eigenvalue weighted by Crippen LogP contribution is 2.16. The summed E-state index contributed by atoms with van der Waals surface area (Å²) < 4.78 is 1.30. The Kier molecular flexibility index (Phi) is 2.59. The van der Waals surface area contributed by atoms with E-state index in [-0.39, 0.29) is 6.04 Å². The summed E-state index contributed by atoms with van der Waals surface area (Å²) in [6.45, 7) is 1.46. The minimum atomic E-state index is -0.486. The first-order valence-electron chi connectivity index (χ1n) is 6.03. The summed E-state index contributed by atoms with van der Waals surface area (Å²) in [6.07, 6.45) is 2.33. The number of nitrogens with zero attached hydrogens (tertiary/aromatic N) is 4. The Morgan fingerprint density at radius 1 is 1.47 bits per heavy atom. The summed E-state index contributed by atoms with van der Waals surface area (Å²) in [6, 6.07) is 0.113. The second-order valence-corrected chi connectivity index (χ2v) is 4.72. The van der Waals surface area contributed by atoms with Gasteiger partial charge < -0.3 is 10.6 Å². The van der Waals surface area contributed by atoms with Gasteiger partial charge in [-0.15, -0.1) is 0 Å². The van der Waals surface area contributed by atoms with Crippen molar-refractivity contribution in [3.05, 3.63) is 27.0 Å². The molecule has 8 heteroatoms. The van der Waals surface area contributed by atoms with E-state index in [0.29, 0.717) is 23.5 Å². The summed E-state index contributed by atoms with van der Waals surface area (Å²) in [5.41, 5.74) is 5.22. The van der Waals surface area contributed by atoms with Crippen LogP contribution in [0.5, 0.6) is 0 Å². The highest BCUT2D eigenvalue weighted by Gasteiger charge is 2.22. The van der Waals surface area contributed by atoms with Crippen LogP contribution in [-0.2, 0) is 7.05 Å². The van der Waals surface area contributed by atoms with Gasteiger partial charge in [0.25, 0.3) is 5.56 Å². The first kappa shape index (κ1) is 11.8. The third kappa shape index (κ3) is 1.89. The van der Waals surface area contributed by atoms with Gasteiger partial charge in [0.15, 0.2) is 5.65 Å². The van der Waals surface area contributed by atoms with Crippen molar-refractivity contribution in [3.63, 3.8) is 0 Å². The SMILES string of the molecule is Cn1c(=O)[nH]c(=O)c2cnc(N3CCC(N)C3)nc21. The molecule has 1 saturated heterocycles. The van der Waals surface area contributed by atoms with Crippen molar-refractivity contribution in [2.75, 3.05) is 18.0 Å². The van der Waals surface area contributed by atoms with Crippen molar-refractivity contribution < 1.29 is 0 Å². The number of aryl methyl sites for hydroxylation is 1. The molecule has 1 aliphatic rings. The Bertz CT molecular complexity index is 749.